The third-order valence-electron chi connectivity index (χ3n) is 7.36. The van der Waals surface area contributed by atoms with E-state index in [1.807, 2.05) is 26.0 Å². The fourth-order valence-corrected chi connectivity index (χ4v) is 5.91. The third-order valence-corrected chi connectivity index (χ3v) is 7.36. The number of ether oxygens (including phenoxy) is 1. The van der Waals surface area contributed by atoms with Crippen molar-refractivity contribution < 1.29 is 19.1 Å². The van der Waals surface area contributed by atoms with Crippen LogP contribution < -0.4 is 10.6 Å². The molecule has 5 aliphatic rings. The van der Waals surface area contributed by atoms with E-state index in [-0.39, 0.29) is 35.7 Å². The summed E-state index contributed by atoms with van der Waals surface area (Å²) in [6.45, 7) is 4.57. The van der Waals surface area contributed by atoms with Crippen LogP contribution in [0.3, 0.4) is 0 Å². The highest BCUT2D eigenvalue weighted by molar-refractivity contribution is 6.00. The van der Waals surface area contributed by atoms with Crippen molar-refractivity contribution in [2.75, 3.05) is 6.54 Å². The summed E-state index contributed by atoms with van der Waals surface area (Å²) in [4.78, 5) is 41.8. The molecule has 0 aromatic carbocycles. The number of carbonyl (C=O) groups excluding carboxylic acids is 3. The van der Waals surface area contributed by atoms with Crippen molar-refractivity contribution >= 4 is 17.7 Å². The molecule has 4 fully saturated rings. The van der Waals surface area contributed by atoms with E-state index in [9.17, 15) is 14.4 Å². The lowest BCUT2D eigenvalue weighted by Gasteiger charge is -2.34. The monoisotopic (exact) mass is 415 g/mol. The lowest BCUT2D eigenvalue weighted by Crippen LogP contribution is -2.57. The molecule has 2 N–H and O–H groups in total. The topological polar surface area (TPSA) is 87.7 Å². The SMILES string of the molecule is CC(C)CN1C(=O)[C@H]2[C@H](C(=O)NC3CC3)[C@@H]3C=C[C@]2(O3)[C@H]1C(=O)NC1CCCCC1. The largest absolute Gasteiger partial charge is 0.359 e. The minimum absolute atomic E-state index is 0.107. The molecule has 0 unspecified atom stereocenters. The first-order chi connectivity index (χ1) is 14.4. The van der Waals surface area contributed by atoms with Crippen LogP contribution in [-0.4, -0.2) is 59.0 Å². The average Bonchev–Trinajstić information content (AvgIpc) is 3.25. The van der Waals surface area contributed by atoms with Crippen LogP contribution in [-0.2, 0) is 19.1 Å². The summed E-state index contributed by atoms with van der Waals surface area (Å²) in [5, 5.41) is 6.27. The fourth-order valence-electron chi connectivity index (χ4n) is 5.91. The summed E-state index contributed by atoms with van der Waals surface area (Å²) in [5.74, 6) is -1.31. The van der Waals surface area contributed by atoms with Crippen molar-refractivity contribution in [3.8, 4) is 0 Å². The van der Waals surface area contributed by atoms with Gasteiger partial charge < -0.3 is 20.3 Å². The second-order valence-corrected chi connectivity index (χ2v) is 10.2. The van der Waals surface area contributed by atoms with Crippen LogP contribution in [0.5, 0.6) is 0 Å². The molecule has 3 amide bonds. The van der Waals surface area contributed by atoms with Gasteiger partial charge in [0, 0.05) is 18.6 Å². The molecule has 0 radical (unpaired) electrons. The normalized spacial score (nSPS) is 37.7. The molecule has 0 aromatic heterocycles. The van der Waals surface area contributed by atoms with Crippen LogP contribution in [0, 0.1) is 17.8 Å². The Bertz CT molecular complexity index is 770. The van der Waals surface area contributed by atoms with Gasteiger partial charge in [0.05, 0.1) is 17.9 Å². The highest BCUT2D eigenvalue weighted by Crippen LogP contribution is 2.55. The minimum Gasteiger partial charge on any atom is -0.359 e. The van der Waals surface area contributed by atoms with Gasteiger partial charge in [0.2, 0.25) is 17.7 Å². The number of nitrogens with zero attached hydrogens (tertiary/aromatic N) is 1. The molecule has 2 bridgehead atoms. The predicted octanol–water partition coefficient (Wildman–Crippen LogP) is 1.52. The van der Waals surface area contributed by atoms with Gasteiger partial charge in [0.1, 0.15) is 11.6 Å². The summed E-state index contributed by atoms with van der Waals surface area (Å²) in [6.07, 6.45) is 10.8. The Morgan fingerprint density at radius 1 is 1.10 bits per heavy atom. The van der Waals surface area contributed by atoms with Crippen LogP contribution >= 0.6 is 0 Å². The smallest absolute Gasteiger partial charge is 0.246 e. The molecule has 5 rings (SSSR count). The molecule has 30 heavy (non-hydrogen) atoms. The van der Waals surface area contributed by atoms with E-state index in [4.69, 9.17) is 4.74 Å². The van der Waals surface area contributed by atoms with Gasteiger partial charge >= 0.3 is 0 Å². The lowest BCUT2D eigenvalue weighted by molar-refractivity contribution is -0.142. The highest BCUT2D eigenvalue weighted by Gasteiger charge is 2.72. The van der Waals surface area contributed by atoms with Crippen LogP contribution in [0.25, 0.3) is 0 Å². The van der Waals surface area contributed by atoms with Gasteiger partial charge in [-0.2, -0.15) is 0 Å². The average molecular weight is 416 g/mol. The third kappa shape index (κ3) is 3.17. The molecule has 2 aliphatic carbocycles. The Labute approximate surface area is 178 Å². The molecule has 5 atom stereocenters. The first-order valence-electron chi connectivity index (χ1n) is 11.7. The van der Waals surface area contributed by atoms with Gasteiger partial charge in [0.25, 0.3) is 0 Å². The van der Waals surface area contributed by atoms with E-state index in [1.54, 1.807) is 4.90 Å². The Morgan fingerprint density at radius 2 is 1.77 bits per heavy atom. The second kappa shape index (κ2) is 7.36. The Hall–Kier alpha value is -1.89. The molecule has 1 spiro atoms. The summed E-state index contributed by atoms with van der Waals surface area (Å²) >= 11 is 0. The van der Waals surface area contributed by atoms with Gasteiger partial charge in [0.15, 0.2) is 0 Å². The molecule has 2 saturated heterocycles. The van der Waals surface area contributed by atoms with Gasteiger partial charge in [-0.1, -0.05) is 45.3 Å². The van der Waals surface area contributed by atoms with E-state index in [0.717, 1.165) is 38.5 Å². The molecule has 2 saturated carbocycles. The number of amides is 3. The number of nitrogens with one attached hydrogen (secondary N) is 2. The molecule has 0 aromatic rings. The molecule has 7 heteroatoms. The van der Waals surface area contributed by atoms with E-state index >= 15 is 0 Å². The van der Waals surface area contributed by atoms with Crippen LogP contribution in [0.15, 0.2) is 12.2 Å². The Balaban J connectivity index is 1.44. The zero-order valence-corrected chi connectivity index (χ0v) is 17.9. The summed E-state index contributed by atoms with van der Waals surface area (Å²) in [7, 11) is 0. The zero-order valence-electron chi connectivity index (χ0n) is 17.9. The standard InChI is InChI=1S/C23H33N3O4/c1-13(2)12-26-19(21(28)25-14-6-4-3-5-7-14)23-11-10-16(30-23)17(18(23)22(26)29)20(27)24-15-8-9-15/h10-11,13-19H,3-9,12H2,1-2H3,(H,24,27)(H,25,28)/t16-,17+,18+,19+,23+/m0/s1. The van der Waals surface area contributed by atoms with Gasteiger partial charge in [-0.25, -0.2) is 0 Å². The lowest BCUT2D eigenvalue weighted by atomic mass is 9.74. The van der Waals surface area contributed by atoms with Gasteiger partial charge in [-0.15, -0.1) is 0 Å². The van der Waals surface area contributed by atoms with Crippen molar-refractivity contribution in [3.05, 3.63) is 12.2 Å². The Morgan fingerprint density at radius 3 is 2.43 bits per heavy atom. The van der Waals surface area contributed by atoms with Crippen LogP contribution in [0.4, 0.5) is 0 Å². The summed E-state index contributed by atoms with van der Waals surface area (Å²) in [6, 6.07) is -0.321. The van der Waals surface area contributed by atoms with E-state index < -0.39 is 29.6 Å². The van der Waals surface area contributed by atoms with E-state index in [1.165, 1.54) is 6.42 Å². The Kier molecular flexibility index (Phi) is 4.92. The second-order valence-electron chi connectivity index (χ2n) is 10.2. The van der Waals surface area contributed by atoms with Gasteiger partial charge in [-0.3, -0.25) is 14.4 Å². The van der Waals surface area contributed by atoms with E-state index in [0.29, 0.717) is 6.54 Å². The minimum atomic E-state index is -1.03. The molecule has 3 heterocycles. The molecular weight excluding hydrogens is 382 g/mol. The van der Waals surface area contributed by atoms with Crippen molar-refractivity contribution in [1.29, 1.82) is 0 Å². The maximum absolute atomic E-state index is 13.6. The van der Waals surface area contributed by atoms with Crippen molar-refractivity contribution in [3.63, 3.8) is 0 Å². The van der Waals surface area contributed by atoms with Crippen LogP contribution in [0.2, 0.25) is 0 Å². The summed E-state index contributed by atoms with van der Waals surface area (Å²) < 4.78 is 6.33. The number of likely N-dealkylation sites (tertiary alicyclic amines) is 1. The predicted molar refractivity (Wildman–Crippen MR) is 110 cm³/mol. The molecule has 3 aliphatic heterocycles. The number of carbonyl (C=O) groups is 3. The van der Waals surface area contributed by atoms with Crippen molar-refractivity contribution in [2.24, 2.45) is 17.8 Å². The first kappa shape index (κ1) is 20.0. The summed E-state index contributed by atoms with van der Waals surface area (Å²) in [5.41, 5.74) is -1.03. The first-order valence-corrected chi connectivity index (χ1v) is 11.7. The molecule has 164 valence electrons. The highest BCUT2D eigenvalue weighted by atomic mass is 16.5. The van der Waals surface area contributed by atoms with Crippen LogP contribution in [0.1, 0.15) is 58.8 Å². The number of hydrogen-bond donors (Lipinski definition) is 2. The zero-order chi connectivity index (χ0) is 21.0. The van der Waals surface area contributed by atoms with Gasteiger partial charge in [-0.05, 0) is 31.6 Å². The maximum Gasteiger partial charge on any atom is 0.246 e. The van der Waals surface area contributed by atoms with Crippen molar-refractivity contribution in [2.45, 2.75) is 88.6 Å². The quantitative estimate of drug-likeness (QED) is 0.644. The number of fused-ring (bicyclic) bond motifs is 1. The maximum atomic E-state index is 13.6. The fraction of sp³-hybridized carbons (Fsp3) is 0.783. The van der Waals surface area contributed by atoms with Crippen molar-refractivity contribution in [1.82, 2.24) is 15.5 Å². The number of rotatable bonds is 6. The van der Waals surface area contributed by atoms with E-state index in [2.05, 4.69) is 10.6 Å². The molecular formula is C23H33N3O4. The number of hydrogen-bond acceptors (Lipinski definition) is 4. The molecule has 7 nitrogen and oxygen atoms in total.